The Hall–Kier alpha value is -3.88. The van der Waals surface area contributed by atoms with Crippen molar-refractivity contribution in [2.45, 2.75) is 6.92 Å². The van der Waals surface area contributed by atoms with Crippen LogP contribution in [0, 0.1) is 0 Å². The maximum Gasteiger partial charge on any atom is 0.343 e. The molecule has 0 aliphatic heterocycles. The lowest BCUT2D eigenvalue weighted by Gasteiger charge is -2.06. The third-order valence-electron chi connectivity index (χ3n) is 4.26. The lowest BCUT2D eigenvalue weighted by Crippen LogP contribution is -2.32. The van der Waals surface area contributed by atoms with Crippen LogP contribution in [0.2, 0.25) is 10.0 Å². The maximum absolute atomic E-state index is 12.3. The molecule has 0 spiro atoms. The van der Waals surface area contributed by atoms with E-state index in [1.807, 2.05) is 6.92 Å². The molecule has 3 rings (SSSR count). The average molecular weight is 500 g/mol. The molecule has 0 saturated carbocycles. The highest BCUT2D eigenvalue weighted by Gasteiger charge is 2.13. The smallest absolute Gasteiger partial charge is 0.343 e. The molecule has 2 N–H and O–H groups in total. The molecule has 3 aromatic carbocycles. The van der Waals surface area contributed by atoms with Gasteiger partial charge < -0.3 is 14.8 Å². The molecule has 0 heterocycles. The molecule has 0 aromatic heterocycles. The predicted octanol–water partition coefficient (Wildman–Crippen LogP) is 4.70. The number of rotatable bonds is 7. The third kappa shape index (κ3) is 7.06. The van der Waals surface area contributed by atoms with Crippen LogP contribution in [0.4, 0.5) is 5.69 Å². The minimum Gasteiger partial charge on any atom is -0.494 e. The second-order valence-corrected chi connectivity index (χ2v) is 7.51. The zero-order valence-electron chi connectivity index (χ0n) is 17.9. The number of hydrazone groups is 1. The van der Waals surface area contributed by atoms with Crippen LogP contribution in [0.5, 0.6) is 11.5 Å². The van der Waals surface area contributed by atoms with E-state index >= 15 is 0 Å². The normalized spacial score (nSPS) is 10.6. The quantitative estimate of drug-likeness (QED) is 0.161. The minimum atomic E-state index is -0.969. The number of hydrogen-bond acceptors (Lipinski definition) is 6. The van der Waals surface area contributed by atoms with Gasteiger partial charge in [-0.2, -0.15) is 5.10 Å². The van der Waals surface area contributed by atoms with Gasteiger partial charge in [0.05, 0.1) is 28.4 Å². The van der Waals surface area contributed by atoms with Crippen molar-refractivity contribution in [3.8, 4) is 11.5 Å². The molecule has 0 unspecified atom stereocenters. The summed E-state index contributed by atoms with van der Waals surface area (Å²) in [5.41, 5.74) is 3.42. The van der Waals surface area contributed by atoms with Crippen molar-refractivity contribution in [1.82, 2.24) is 5.43 Å². The fraction of sp³-hybridized carbons (Fsp3) is 0.0833. The fourth-order valence-corrected chi connectivity index (χ4v) is 2.92. The van der Waals surface area contributed by atoms with Crippen LogP contribution < -0.4 is 20.2 Å². The molecule has 8 nitrogen and oxygen atoms in total. The Morgan fingerprint density at radius 2 is 1.56 bits per heavy atom. The van der Waals surface area contributed by atoms with Crippen LogP contribution >= 0.6 is 23.2 Å². The molecular weight excluding hydrogens is 481 g/mol. The SMILES string of the molecule is CCOc1ccc(C(=O)Oc2ccc(C=NNC(=O)C(=O)Nc3ccc(Cl)c(Cl)c3)cc2)cc1. The Morgan fingerprint density at radius 1 is 0.882 bits per heavy atom. The second-order valence-electron chi connectivity index (χ2n) is 6.70. The maximum atomic E-state index is 12.3. The summed E-state index contributed by atoms with van der Waals surface area (Å²) >= 11 is 11.7. The van der Waals surface area contributed by atoms with Gasteiger partial charge >= 0.3 is 17.8 Å². The van der Waals surface area contributed by atoms with Gasteiger partial charge in [-0.3, -0.25) is 9.59 Å². The number of hydrogen-bond donors (Lipinski definition) is 2. The summed E-state index contributed by atoms with van der Waals surface area (Å²) in [5, 5.41) is 6.70. The number of carbonyl (C=O) groups excluding carboxylic acids is 3. The molecule has 0 radical (unpaired) electrons. The van der Waals surface area contributed by atoms with Gasteiger partial charge in [0.25, 0.3) is 0 Å². The Balaban J connectivity index is 1.50. The number of nitrogens with one attached hydrogen (secondary N) is 2. The van der Waals surface area contributed by atoms with Gasteiger partial charge in [-0.1, -0.05) is 23.2 Å². The summed E-state index contributed by atoms with van der Waals surface area (Å²) in [7, 11) is 0. The number of ether oxygens (including phenoxy) is 2. The number of carbonyl (C=O) groups is 3. The van der Waals surface area contributed by atoms with Crippen molar-refractivity contribution < 1.29 is 23.9 Å². The topological polar surface area (TPSA) is 106 Å². The largest absolute Gasteiger partial charge is 0.494 e. The van der Waals surface area contributed by atoms with E-state index in [0.717, 1.165) is 0 Å². The third-order valence-corrected chi connectivity index (χ3v) is 4.99. The highest BCUT2D eigenvalue weighted by Crippen LogP contribution is 2.25. The molecule has 0 aliphatic carbocycles. The highest BCUT2D eigenvalue weighted by molar-refractivity contribution is 6.43. The molecule has 34 heavy (non-hydrogen) atoms. The van der Waals surface area contributed by atoms with Crippen molar-refractivity contribution >= 4 is 52.9 Å². The zero-order chi connectivity index (χ0) is 24.5. The van der Waals surface area contributed by atoms with E-state index in [0.29, 0.717) is 39.9 Å². The van der Waals surface area contributed by atoms with Crippen LogP contribution in [0.3, 0.4) is 0 Å². The van der Waals surface area contributed by atoms with E-state index < -0.39 is 17.8 Å². The minimum absolute atomic E-state index is 0.242. The number of esters is 1. The zero-order valence-corrected chi connectivity index (χ0v) is 19.4. The molecule has 10 heteroatoms. The fourth-order valence-electron chi connectivity index (χ4n) is 2.62. The molecule has 0 bridgehead atoms. The van der Waals surface area contributed by atoms with E-state index in [9.17, 15) is 14.4 Å². The van der Waals surface area contributed by atoms with Gasteiger partial charge in [-0.15, -0.1) is 0 Å². The first-order chi connectivity index (χ1) is 16.4. The van der Waals surface area contributed by atoms with Gasteiger partial charge in [0.2, 0.25) is 0 Å². The van der Waals surface area contributed by atoms with Crippen molar-refractivity contribution in [1.29, 1.82) is 0 Å². The van der Waals surface area contributed by atoms with Crippen LogP contribution in [-0.2, 0) is 9.59 Å². The number of halogens is 2. The van der Waals surface area contributed by atoms with Crippen LogP contribution in [0.1, 0.15) is 22.8 Å². The van der Waals surface area contributed by atoms with Crippen LogP contribution in [0.25, 0.3) is 0 Å². The number of amides is 2. The molecule has 0 aliphatic rings. The second kappa shape index (κ2) is 11.8. The summed E-state index contributed by atoms with van der Waals surface area (Å²) in [6.07, 6.45) is 1.34. The van der Waals surface area contributed by atoms with Gasteiger partial charge in [0.15, 0.2) is 0 Å². The van der Waals surface area contributed by atoms with E-state index in [-0.39, 0.29) is 5.02 Å². The monoisotopic (exact) mass is 499 g/mol. The summed E-state index contributed by atoms with van der Waals surface area (Å²) < 4.78 is 10.7. The highest BCUT2D eigenvalue weighted by atomic mass is 35.5. The van der Waals surface area contributed by atoms with E-state index in [4.69, 9.17) is 32.7 Å². The molecule has 0 atom stereocenters. The summed E-state index contributed by atoms with van der Waals surface area (Å²) in [4.78, 5) is 36.1. The van der Waals surface area contributed by atoms with Gasteiger partial charge in [0.1, 0.15) is 11.5 Å². The predicted molar refractivity (Wildman–Crippen MR) is 130 cm³/mol. The van der Waals surface area contributed by atoms with Crippen LogP contribution in [0.15, 0.2) is 71.8 Å². The van der Waals surface area contributed by atoms with Gasteiger partial charge in [-0.05, 0) is 79.2 Å². The Kier molecular flexibility index (Phi) is 8.61. The summed E-state index contributed by atoms with van der Waals surface area (Å²) in [5.74, 6) is -1.40. The first kappa shape index (κ1) is 24.8. The molecule has 0 saturated heterocycles. The standard InChI is InChI=1S/C24H19Cl2N3O5/c1-2-33-18-10-5-16(6-11-18)24(32)34-19-8-3-15(4-9-19)14-27-29-23(31)22(30)28-17-7-12-20(25)21(26)13-17/h3-14H,2H2,1H3,(H,28,30)(H,29,31). The first-order valence-electron chi connectivity index (χ1n) is 10.00. The average Bonchev–Trinajstić information content (AvgIpc) is 2.83. The molecule has 174 valence electrons. The first-order valence-corrected chi connectivity index (χ1v) is 10.8. The van der Waals surface area contributed by atoms with E-state index in [1.165, 1.54) is 24.4 Å². The summed E-state index contributed by atoms with van der Waals surface area (Å²) in [6.45, 7) is 2.41. The van der Waals surface area contributed by atoms with Crippen molar-refractivity contribution in [2.24, 2.45) is 5.10 Å². The van der Waals surface area contributed by atoms with Crippen molar-refractivity contribution in [3.05, 3.63) is 87.9 Å². The molecule has 0 fully saturated rings. The molecule has 2 amide bonds. The van der Waals surface area contributed by atoms with Gasteiger partial charge in [0, 0.05) is 5.69 Å². The number of anilines is 1. The lowest BCUT2D eigenvalue weighted by molar-refractivity contribution is -0.136. The molecular formula is C24H19Cl2N3O5. The Morgan fingerprint density at radius 3 is 2.21 bits per heavy atom. The number of nitrogens with zero attached hydrogens (tertiary/aromatic N) is 1. The van der Waals surface area contributed by atoms with Crippen molar-refractivity contribution in [3.63, 3.8) is 0 Å². The Labute approximate surface area is 205 Å². The summed E-state index contributed by atoms with van der Waals surface area (Å²) in [6, 6.07) is 17.5. The van der Waals surface area contributed by atoms with E-state index in [2.05, 4.69) is 15.8 Å². The number of benzene rings is 3. The van der Waals surface area contributed by atoms with Crippen molar-refractivity contribution in [2.75, 3.05) is 11.9 Å². The molecule has 3 aromatic rings. The van der Waals surface area contributed by atoms with Crippen LogP contribution in [-0.4, -0.2) is 30.6 Å². The Bertz CT molecular complexity index is 1210. The lowest BCUT2D eigenvalue weighted by atomic mass is 10.2. The van der Waals surface area contributed by atoms with E-state index in [1.54, 1.807) is 48.5 Å². The van der Waals surface area contributed by atoms with Gasteiger partial charge in [-0.25, -0.2) is 10.2 Å².